The van der Waals surface area contributed by atoms with Gasteiger partial charge < -0.3 is 9.84 Å². The Kier molecular flexibility index (Phi) is 5.55. The summed E-state index contributed by atoms with van der Waals surface area (Å²) < 4.78 is 6.36. The molecule has 2 aromatic rings. The van der Waals surface area contributed by atoms with Gasteiger partial charge in [-0.25, -0.2) is 5.43 Å². The van der Waals surface area contributed by atoms with Crippen LogP contribution in [-0.2, 0) is 4.79 Å². The molecule has 0 saturated heterocycles. The van der Waals surface area contributed by atoms with Crippen molar-refractivity contribution in [3.63, 3.8) is 0 Å². The van der Waals surface area contributed by atoms with Crippen LogP contribution in [0.3, 0.4) is 0 Å². The average molecular weight is 363 g/mol. The van der Waals surface area contributed by atoms with Crippen molar-refractivity contribution >= 4 is 28.1 Å². The summed E-state index contributed by atoms with van der Waals surface area (Å²) in [4.78, 5) is 11.6. The molecule has 0 spiro atoms. The minimum absolute atomic E-state index is 0.0992. The van der Waals surface area contributed by atoms with Gasteiger partial charge in [0.15, 0.2) is 6.61 Å². The van der Waals surface area contributed by atoms with Crippen LogP contribution in [0.25, 0.3) is 0 Å². The maximum Gasteiger partial charge on any atom is 0.277 e. The Morgan fingerprint density at radius 3 is 2.86 bits per heavy atom. The zero-order valence-corrected chi connectivity index (χ0v) is 13.5. The molecule has 0 radical (unpaired) electrons. The third-order valence-corrected chi connectivity index (χ3v) is 3.72. The zero-order chi connectivity index (χ0) is 15.9. The number of aryl methyl sites for hydroxylation is 1. The lowest BCUT2D eigenvalue weighted by molar-refractivity contribution is -0.123. The molecule has 2 rings (SSSR count). The molecule has 2 aromatic carbocycles. The average Bonchev–Trinajstić information content (AvgIpc) is 2.50. The second-order valence-electron chi connectivity index (χ2n) is 4.55. The fraction of sp³-hybridized carbons (Fsp3) is 0.125. The van der Waals surface area contributed by atoms with Crippen molar-refractivity contribution in [1.29, 1.82) is 0 Å². The molecule has 0 fully saturated rings. The maximum atomic E-state index is 11.6. The van der Waals surface area contributed by atoms with Gasteiger partial charge in [-0.1, -0.05) is 28.1 Å². The third-order valence-electron chi connectivity index (χ3n) is 2.83. The Hall–Kier alpha value is -2.34. The number of para-hydroxylation sites is 1. The number of nitrogens with one attached hydrogen (secondary N) is 1. The molecule has 0 bridgehead atoms. The summed E-state index contributed by atoms with van der Waals surface area (Å²) in [5, 5.41) is 13.3. The molecule has 6 heteroatoms. The summed E-state index contributed by atoms with van der Waals surface area (Å²) >= 11 is 3.40. The van der Waals surface area contributed by atoms with Gasteiger partial charge in [0, 0.05) is 10.0 Å². The summed E-state index contributed by atoms with van der Waals surface area (Å²) in [6, 6.07) is 12.2. The van der Waals surface area contributed by atoms with E-state index in [1.807, 2.05) is 19.1 Å². The van der Waals surface area contributed by atoms with E-state index in [1.165, 1.54) is 6.21 Å². The number of nitrogens with zero attached hydrogens (tertiary/aromatic N) is 1. The molecular weight excluding hydrogens is 348 g/mol. The number of aromatic hydroxyl groups is 1. The Labute approximate surface area is 136 Å². The minimum atomic E-state index is -0.382. The molecule has 2 N–H and O–H groups in total. The number of carbonyl (C=O) groups excluding carboxylic acids is 1. The standard InChI is InChI=1S/C16H15BrN2O3/c1-11-8-13(6-7-14(11)17)22-10-16(21)19-18-9-12-4-2-3-5-15(12)20/h2-9,20H,10H2,1H3,(H,19,21)/b18-9+. The number of phenolic OH excluding ortho intramolecular Hbond substituents is 1. The molecule has 114 valence electrons. The van der Waals surface area contributed by atoms with E-state index in [9.17, 15) is 9.90 Å². The molecule has 0 saturated carbocycles. The van der Waals surface area contributed by atoms with Gasteiger partial charge in [-0.3, -0.25) is 4.79 Å². The van der Waals surface area contributed by atoms with E-state index >= 15 is 0 Å². The van der Waals surface area contributed by atoms with Crippen molar-refractivity contribution < 1.29 is 14.6 Å². The number of halogens is 1. The van der Waals surface area contributed by atoms with Crippen molar-refractivity contribution in [2.45, 2.75) is 6.92 Å². The first-order valence-corrected chi connectivity index (χ1v) is 7.34. The highest BCUT2D eigenvalue weighted by molar-refractivity contribution is 9.10. The van der Waals surface area contributed by atoms with Crippen LogP contribution < -0.4 is 10.2 Å². The molecule has 5 nitrogen and oxygen atoms in total. The summed E-state index contributed by atoms with van der Waals surface area (Å²) in [5.41, 5.74) is 3.88. The van der Waals surface area contributed by atoms with E-state index in [2.05, 4.69) is 26.5 Å². The van der Waals surface area contributed by atoms with Gasteiger partial charge in [0.1, 0.15) is 11.5 Å². The van der Waals surface area contributed by atoms with E-state index < -0.39 is 0 Å². The van der Waals surface area contributed by atoms with Crippen molar-refractivity contribution in [3.8, 4) is 11.5 Å². The van der Waals surface area contributed by atoms with Crippen LogP contribution in [0.4, 0.5) is 0 Å². The van der Waals surface area contributed by atoms with E-state index in [4.69, 9.17) is 4.74 Å². The van der Waals surface area contributed by atoms with Crippen molar-refractivity contribution in [2.75, 3.05) is 6.61 Å². The number of phenols is 1. The second-order valence-corrected chi connectivity index (χ2v) is 5.41. The first kappa shape index (κ1) is 16.0. The molecule has 0 atom stereocenters. The summed E-state index contributed by atoms with van der Waals surface area (Å²) in [6.45, 7) is 1.80. The second kappa shape index (κ2) is 7.61. The molecule has 0 heterocycles. The van der Waals surface area contributed by atoms with E-state index in [1.54, 1.807) is 30.3 Å². The van der Waals surface area contributed by atoms with Gasteiger partial charge in [-0.2, -0.15) is 5.10 Å². The number of hydrazone groups is 1. The first-order valence-electron chi connectivity index (χ1n) is 6.55. The van der Waals surface area contributed by atoms with Crippen LogP contribution in [0.15, 0.2) is 52.0 Å². The number of carbonyl (C=O) groups is 1. The van der Waals surface area contributed by atoms with Gasteiger partial charge in [0.25, 0.3) is 5.91 Å². The lowest BCUT2D eigenvalue weighted by atomic mass is 10.2. The third kappa shape index (κ3) is 4.60. The van der Waals surface area contributed by atoms with Crippen molar-refractivity contribution in [3.05, 3.63) is 58.1 Å². The fourth-order valence-corrected chi connectivity index (χ4v) is 1.91. The molecule has 0 unspecified atom stereocenters. The topological polar surface area (TPSA) is 70.9 Å². The molecule has 0 aliphatic rings. The highest BCUT2D eigenvalue weighted by atomic mass is 79.9. The van der Waals surface area contributed by atoms with Crippen LogP contribution in [-0.4, -0.2) is 23.8 Å². The fourth-order valence-electron chi connectivity index (χ4n) is 1.66. The lowest BCUT2D eigenvalue weighted by Crippen LogP contribution is -2.24. The Morgan fingerprint density at radius 2 is 2.14 bits per heavy atom. The number of hydrogen-bond donors (Lipinski definition) is 2. The van der Waals surface area contributed by atoms with Gasteiger partial charge >= 0.3 is 0 Å². The Bertz CT molecular complexity index is 702. The van der Waals surface area contributed by atoms with Crippen molar-refractivity contribution in [2.24, 2.45) is 5.10 Å². The predicted octanol–water partition coefficient (Wildman–Crippen LogP) is 2.99. The largest absolute Gasteiger partial charge is 0.507 e. The van der Waals surface area contributed by atoms with Crippen molar-refractivity contribution in [1.82, 2.24) is 5.43 Å². The predicted molar refractivity (Wildman–Crippen MR) is 88.2 cm³/mol. The molecule has 22 heavy (non-hydrogen) atoms. The van der Waals surface area contributed by atoms with Gasteiger partial charge in [0.05, 0.1) is 6.21 Å². The highest BCUT2D eigenvalue weighted by Crippen LogP contribution is 2.21. The molecule has 1 amide bonds. The van der Waals surface area contributed by atoms with E-state index in [0.717, 1.165) is 10.0 Å². The smallest absolute Gasteiger partial charge is 0.277 e. The SMILES string of the molecule is Cc1cc(OCC(=O)N/N=C/c2ccccc2O)ccc1Br. The first-order chi connectivity index (χ1) is 10.6. The van der Waals surface area contributed by atoms with E-state index in [0.29, 0.717) is 11.3 Å². The highest BCUT2D eigenvalue weighted by Gasteiger charge is 2.03. The number of benzene rings is 2. The zero-order valence-electron chi connectivity index (χ0n) is 11.9. The van der Waals surface area contributed by atoms with Crippen LogP contribution in [0.2, 0.25) is 0 Å². The number of rotatable bonds is 5. The molecule has 0 aromatic heterocycles. The summed E-state index contributed by atoms with van der Waals surface area (Å²) in [6.07, 6.45) is 1.37. The lowest BCUT2D eigenvalue weighted by Gasteiger charge is -2.06. The van der Waals surface area contributed by atoms with Gasteiger partial charge in [0.2, 0.25) is 0 Å². The van der Waals surface area contributed by atoms with Crippen LogP contribution in [0, 0.1) is 6.92 Å². The molecule has 0 aliphatic heterocycles. The number of hydrogen-bond acceptors (Lipinski definition) is 4. The Morgan fingerprint density at radius 1 is 1.36 bits per heavy atom. The molecular formula is C16H15BrN2O3. The Balaban J connectivity index is 1.83. The quantitative estimate of drug-likeness (QED) is 0.634. The monoisotopic (exact) mass is 362 g/mol. The van der Waals surface area contributed by atoms with Crippen LogP contribution in [0.5, 0.6) is 11.5 Å². The normalized spacial score (nSPS) is 10.6. The number of amides is 1. The maximum absolute atomic E-state index is 11.6. The van der Waals surface area contributed by atoms with E-state index in [-0.39, 0.29) is 18.3 Å². The number of ether oxygens (including phenoxy) is 1. The minimum Gasteiger partial charge on any atom is -0.507 e. The van der Waals surface area contributed by atoms with Crippen LogP contribution in [0.1, 0.15) is 11.1 Å². The summed E-state index contributed by atoms with van der Waals surface area (Å²) in [5.74, 6) is 0.329. The van der Waals surface area contributed by atoms with Crippen LogP contribution >= 0.6 is 15.9 Å². The molecule has 0 aliphatic carbocycles. The van der Waals surface area contributed by atoms with Gasteiger partial charge in [-0.15, -0.1) is 0 Å². The van der Waals surface area contributed by atoms with Gasteiger partial charge in [-0.05, 0) is 42.8 Å². The summed E-state index contributed by atoms with van der Waals surface area (Å²) in [7, 11) is 0.